The molecular formula is C37H58N4O4. The van der Waals surface area contributed by atoms with Gasteiger partial charge in [-0.05, 0) is 63.0 Å². The largest absolute Gasteiger partial charge is 0.342 e. The standard InChI is InChI=1S/C19H34N2O2.C18H24N2O2/c1-14(2)17(22)20(8)11-10-19(6,7)12-16(5)13-21(9)18(23)15(3)4;1-13(2)17(21)19(5)11-15-7-9-16(10-8-15)12-20(6)18(22)14(3)4/h16H,1,3,10-13H2,2,4-9H3;7-10H,1,3,11-12H2,2,4-6H3. The van der Waals surface area contributed by atoms with Crippen molar-refractivity contribution in [2.24, 2.45) is 11.3 Å². The van der Waals surface area contributed by atoms with E-state index in [1.807, 2.05) is 38.4 Å². The molecule has 8 nitrogen and oxygen atoms in total. The Morgan fingerprint density at radius 2 is 0.933 bits per heavy atom. The van der Waals surface area contributed by atoms with Gasteiger partial charge in [0.05, 0.1) is 0 Å². The molecule has 250 valence electrons. The number of hydrogen-bond acceptors (Lipinski definition) is 4. The van der Waals surface area contributed by atoms with E-state index in [9.17, 15) is 19.2 Å². The monoisotopic (exact) mass is 622 g/mol. The molecule has 0 bridgehead atoms. The van der Waals surface area contributed by atoms with E-state index < -0.39 is 0 Å². The van der Waals surface area contributed by atoms with Crippen LogP contribution in [0.15, 0.2) is 72.9 Å². The first-order chi connectivity index (χ1) is 20.6. The lowest BCUT2D eigenvalue weighted by atomic mass is 9.80. The first-order valence-corrected chi connectivity index (χ1v) is 15.3. The van der Waals surface area contributed by atoms with E-state index >= 15 is 0 Å². The third-order valence-electron chi connectivity index (χ3n) is 7.32. The van der Waals surface area contributed by atoms with Gasteiger partial charge in [-0.15, -0.1) is 0 Å². The van der Waals surface area contributed by atoms with Crippen LogP contribution in [-0.2, 0) is 32.3 Å². The summed E-state index contributed by atoms with van der Waals surface area (Å²) in [4.78, 5) is 54.0. The zero-order valence-corrected chi connectivity index (χ0v) is 29.9. The van der Waals surface area contributed by atoms with Gasteiger partial charge in [-0.3, -0.25) is 19.2 Å². The third kappa shape index (κ3) is 15.6. The number of benzene rings is 1. The summed E-state index contributed by atoms with van der Waals surface area (Å²) in [7, 11) is 7.14. The maximum atomic E-state index is 11.9. The number of carbonyl (C=O) groups excluding carboxylic acids is 4. The summed E-state index contributed by atoms with van der Waals surface area (Å²) >= 11 is 0. The van der Waals surface area contributed by atoms with Gasteiger partial charge < -0.3 is 19.6 Å². The van der Waals surface area contributed by atoms with Gasteiger partial charge in [0.2, 0.25) is 23.6 Å². The van der Waals surface area contributed by atoms with E-state index in [4.69, 9.17) is 0 Å². The van der Waals surface area contributed by atoms with Crippen molar-refractivity contribution in [2.75, 3.05) is 41.3 Å². The first kappa shape index (κ1) is 41.1. The highest BCUT2D eigenvalue weighted by atomic mass is 16.2. The van der Waals surface area contributed by atoms with Gasteiger partial charge in [0, 0.05) is 76.7 Å². The minimum atomic E-state index is -0.0594. The Morgan fingerprint density at radius 3 is 1.27 bits per heavy atom. The van der Waals surface area contributed by atoms with E-state index in [-0.39, 0.29) is 29.0 Å². The molecule has 0 aliphatic heterocycles. The van der Waals surface area contributed by atoms with Crippen LogP contribution in [0.5, 0.6) is 0 Å². The average molecular weight is 623 g/mol. The summed E-state index contributed by atoms with van der Waals surface area (Å²) in [6.07, 6.45) is 1.92. The van der Waals surface area contributed by atoms with Crippen molar-refractivity contribution in [3.05, 3.63) is 84.0 Å². The van der Waals surface area contributed by atoms with Crippen molar-refractivity contribution in [2.45, 2.75) is 74.4 Å². The van der Waals surface area contributed by atoms with Gasteiger partial charge >= 0.3 is 0 Å². The smallest absolute Gasteiger partial charge is 0.248 e. The zero-order chi connectivity index (χ0) is 35.2. The molecule has 45 heavy (non-hydrogen) atoms. The van der Waals surface area contributed by atoms with Crippen LogP contribution in [0, 0.1) is 11.3 Å². The zero-order valence-electron chi connectivity index (χ0n) is 29.9. The molecule has 0 N–H and O–H groups in total. The number of hydrogen-bond donors (Lipinski definition) is 0. The van der Waals surface area contributed by atoms with Gasteiger partial charge in [-0.1, -0.05) is 71.4 Å². The quantitative estimate of drug-likeness (QED) is 0.217. The summed E-state index contributed by atoms with van der Waals surface area (Å²) in [5.74, 6) is 0.272. The van der Waals surface area contributed by atoms with Crippen LogP contribution >= 0.6 is 0 Å². The second-order valence-electron chi connectivity index (χ2n) is 13.4. The minimum Gasteiger partial charge on any atom is -0.342 e. The molecule has 0 heterocycles. The minimum absolute atomic E-state index is 0.000590. The van der Waals surface area contributed by atoms with Crippen molar-refractivity contribution in [1.82, 2.24) is 19.6 Å². The topological polar surface area (TPSA) is 81.2 Å². The molecule has 0 aromatic heterocycles. The highest BCUT2D eigenvalue weighted by Crippen LogP contribution is 2.30. The first-order valence-electron chi connectivity index (χ1n) is 15.3. The fourth-order valence-electron chi connectivity index (χ4n) is 4.98. The lowest BCUT2D eigenvalue weighted by molar-refractivity contribution is -0.127. The lowest BCUT2D eigenvalue weighted by Crippen LogP contribution is -2.34. The normalized spacial score (nSPS) is 11.3. The van der Waals surface area contributed by atoms with Gasteiger partial charge in [-0.25, -0.2) is 0 Å². The molecule has 4 amide bonds. The molecule has 1 unspecified atom stereocenters. The molecule has 1 rings (SSSR count). The molecule has 1 atom stereocenters. The molecular weight excluding hydrogens is 564 g/mol. The fraction of sp³-hybridized carbons (Fsp3) is 0.514. The lowest BCUT2D eigenvalue weighted by Gasteiger charge is -2.32. The maximum absolute atomic E-state index is 11.9. The van der Waals surface area contributed by atoms with E-state index in [0.29, 0.717) is 47.8 Å². The summed E-state index contributed by atoms with van der Waals surface area (Å²) in [6.45, 7) is 30.7. The molecule has 0 saturated carbocycles. The Labute approximate surface area is 273 Å². The SMILES string of the molecule is C=C(C)C(=O)N(C)CCC(C)(C)CC(C)CN(C)C(=O)C(=C)C.C=C(C)C(=O)N(C)Cc1ccc(CN(C)C(=O)C(=C)C)cc1. The second kappa shape index (κ2) is 18.8. The summed E-state index contributed by atoms with van der Waals surface area (Å²) < 4.78 is 0. The summed E-state index contributed by atoms with van der Waals surface area (Å²) in [5, 5.41) is 0. The second-order valence-corrected chi connectivity index (χ2v) is 13.4. The van der Waals surface area contributed by atoms with Crippen LogP contribution in [-0.4, -0.2) is 84.5 Å². The van der Waals surface area contributed by atoms with Crippen molar-refractivity contribution in [1.29, 1.82) is 0 Å². The molecule has 8 heteroatoms. The van der Waals surface area contributed by atoms with Crippen LogP contribution in [0.2, 0.25) is 0 Å². The van der Waals surface area contributed by atoms with Crippen molar-refractivity contribution < 1.29 is 19.2 Å². The van der Waals surface area contributed by atoms with Crippen molar-refractivity contribution in [3.8, 4) is 0 Å². The fourth-order valence-corrected chi connectivity index (χ4v) is 4.98. The van der Waals surface area contributed by atoms with E-state index in [2.05, 4.69) is 47.1 Å². The Balaban J connectivity index is 0.000000861. The third-order valence-corrected chi connectivity index (χ3v) is 7.32. The summed E-state index contributed by atoms with van der Waals surface area (Å²) in [5.41, 5.74) is 4.37. The number of nitrogens with zero attached hydrogens (tertiary/aromatic N) is 4. The van der Waals surface area contributed by atoms with Gasteiger partial charge in [0.1, 0.15) is 0 Å². The number of likely N-dealkylation sites (N-methyl/N-ethyl adjacent to an activating group) is 4. The summed E-state index contributed by atoms with van der Waals surface area (Å²) in [6, 6.07) is 7.88. The van der Waals surface area contributed by atoms with Gasteiger partial charge in [-0.2, -0.15) is 0 Å². The Kier molecular flexibility index (Phi) is 17.1. The van der Waals surface area contributed by atoms with Crippen LogP contribution in [0.1, 0.15) is 72.4 Å². The van der Waals surface area contributed by atoms with Crippen LogP contribution in [0.3, 0.4) is 0 Å². The Hall–Kier alpha value is -3.94. The molecule has 0 radical (unpaired) electrons. The highest BCUT2D eigenvalue weighted by Gasteiger charge is 2.24. The van der Waals surface area contributed by atoms with Gasteiger partial charge in [0.25, 0.3) is 0 Å². The molecule has 0 aliphatic carbocycles. The maximum Gasteiger partial charge on any atom is 0.248 e. The molecule has 0 saturated heterocycles. The predicted octanol–water partition coefficient (Wildman–Crippen LogP) is 6.25. The van der Waals surface area contributed by atoms with Crippen LogP contribution < -0.4 is 0 Å². The molecule has 0 fully saturated rings. The number of amides is 4. The predicted molar refractivity (Wildman–Crippen MR) is 186 cm³/mol. The highest BCUT2D eigenvalue weighted by molar-refractivity contribution is 5.93. The average Bonchev–Trinajstić information content (AvgIpc) is 2.94. The van der Waals surface area contributed by atoms with Crippen LogP contribution in [0.25, 0.3) is 0 Å². The molecule has 1 aromatic rings. The van der Waals surface area contributed by atoms with Gasteiger partial charge in [0.15, 0.2) is 0 Å². The van der Waals surface area contributed by atoms with E-state index in [1.54, 1.807) is 61.4 Å². The molecule has 0 aliphatic rings. The van der Waals surface area contributed by atoms with Crippen molar-refractivity contribution in [3.63, 3.8) is 0 Å². The number of carbonyl (C=O) groups is 4. The number of rotatable bonds is 15. The Morgan fingerprint density at radius 1 is 0.622 bits per heavy atom. The molecule has 0 spiro atoms. The van der Waals surface area contributed by atoms with Crippen LogP contribution in [0.4, 0.5) is 0 Å². The van der Waals surface area contributed by atoms with E-state index in [0.717, 1.165) is 30.5 Å². The molecule has 1 aromatic carbocycles. The van der Waals surface area contributed by atoms with E-state index in [1.165, 1.54) is 0 Å². The van der Waals surface area contributed by atoms with Crippen molar-refractivity contribution >= 4 is 23.6 Å². The Bertz CT molecular complexity index is 1190.